The summed E-state index contributed by atoms with van der Waals surface area (Å²) in [6.07, 6.45) is 2.31. The Kier molecular flexibility index (Phi) is 4.51. The van der Waals surface area contributed by atoms with Crippen LogP contribution < -0.4 is 0 Å². The van der Waals surface area contributed by atoms with E-state index in [2.05, 4.69) is 17.1 Å². The van der Waals surface area contributed by atoms with Crippen molar-refractivity contribution in [1.82, 2.24) is 0 Å². The van der Waals surface area contributed by atoms with E-state index in [0.717, 1.165) is 11.1 Å². The van der Waals surface area contributed by atoms with Gasteiger partial charge in [0, 0.05) is 5.02 Å². The molecule has 0 radical (unpaired) electrons. The van der Waals surface area contributed by atoms with Crippen LogP contribution in [-0.4, -0.2) is 6.08 Å². The molecule has 0 saturated carbocycles. The van der Waals surface area contributed by atoms with Gasteiger partial charge in [-0.25, -0.2) is 4.79 Å². The predicted molar refractivity (Wildman–Crippen MR) is 77.2 cm³/mol. The molecule has 0 aliphatic carbocycles. The highest BCUT2D eigenvalue weighted by Crippen LogP contribution is 2.24. The molecule has 1 atom stereocenters. The maximum atomic E-state index is 10.6. The van der Waals surface area contributed by atoms with E-state index in [9.17, 15) is 4.79 Å². The van der Waals surface area contributed by atoms with Crippen LogP contribution in [0, 0.1) is 6.92 Å². The van der Waals surface area contributed by atoms with Crippen LogP contribution in [0.25, 0.3) is 0 Å². The van der Waals surface area contributed by atoms with Crippen molar-refractivity contribution in [3.63, 3.8) is 0 Å². The van der Waals surface area contributed by atoms with Crippen molar-refractivity contribution in [3.8, 4) is 0 Å². The molecule has 3 heteroatoms. The topological polar surface area (TPSA) is 29.4 Å². The van der Waals surface area contributed by atoms with Crippen molar-refractivity contribution in [2.24, 2.45) is 4.99 Å². The second-order valence-electron chi connectivity index (χ2n) is 4.48. The van der Waals surface area contributed by atoms with E-state index in [1.54, 1.807) is 12.1 Å². The molecule has 2 aromatic rings. The first-order valence-corrected chi connectivity index (χ1v) is 6.45. The number of hydrogen-bond donors (Lipinski definition) is 0. The Bertz CT molecular complexity index is 600. The van der Waals surface area contributed by atoms with Gasteiger partial charge in [-0.1, -0.05) is 53.6 Å². The molecule has 2 rings (SSSR count). The summed E-state index contributed by atoms with van der Waals surface area (Å²) in [5.74, 6) is 0. The van der Waals surface area contributed by atoms with E-state index in [4.69, 9.17) is 11.6 Å². The Morgan fingerprint density at radius 2 is 1.95 bits per heavy atom. The molecule has 0 amide bonds. The molecule has 0 N–H and O–H groups in total. The number of isocyanates is 1. The lowest BCUT2D eigenvalue weighted by atomic mass is 9.99. The van der Waals surface area contributed by atoms with Gasteiger partial charge < -0.3 is 0 Å². The average molecular weight is 272 g/mol. The minimum absolute atomic E-state index is 0.237. The first-order valence-electron chi connectivity index (χ1n) is 6.07. The van der Waals surface area contributed by atoms with Crippen LogP contribution in [0.5, 0.6) is 0 Å². The number of benzene rings is 2. The van der Waals surface area contributed by atoms with Gasteiger partial charge in [0.05, 0.1) is 6.04 Å². The van der Waals surface area contributed by atoms with Crippen molar-refractivity contribution >= 4 is 17.7 Å². The number of carbonyl (C=O) groups excluding carboxylic acids is 1. The second-order valence-corrected chi connectivity index (χ2v) is 4.92. The van der Waals surface area contributed by atoms with Crippen LogP contribution in [0.15, 0.2) is 53.5 Å². The fraction of sp³-hybridized carbons (Fsp3) is 0.188. The standard InChI is InChI=1S/C16H14ClNO/c1-12-5-7-13(8-6-12)9-16(18-11-19)14-3-2-4-15(17)10-14/h2-8,10,16H,9H2,1H3. The summed E-state index contributed by atoms with van der Waals surface area (Å²) in [6.45, 7) is 2.04. The predicted octanol–water partition coefficient (Wildman–Crippen LogP) is 4.27. The molecule has 2 aromatic carbocycles. The van der Waals surface area contributed by atoms with Gasteiger partial charge in [0.2, 0.25) is 6.08 Å². The molecule has 19 heavy (non-hydrogen) atoms. The Balaban J connectivity index is 2.26. The van der Waals surface area contributed by atoms with Gasteiger partial charge >= 0.3 is 0 Å². The smallest absolute Gasteiger partial charge is 0.211 e. The highest BCUT2D eigenvalue weighted by Gasteiger charge is 2.11. The zero-order chi connectivity index (χ0) is 13.7. The summed E-state index contributed by atoms with van der Waals surface area (Å²) < 4.78 is 0. The fourth-order valence-electron chi connectivity index (χ4n) is 1.96. The van der Waals surface area contributed by atoms with Gasteiger partial charge in [0.1, 0.15) is 0 Å². The fourth-order valence-corrected chi connectivity index (χ4v) is 2.16. The highest BCUT2D eigenvalue weighted by atomic mass is 35.5. The highest BCUT2D eigenvalue weighted by molar-refractivity contribution is 6.30. The molecule has 2 nitrogen and oxygen atoms in total. The van der Waals surface area contributed by atoms with Crippen molar-refractivity contribution in [3.05, 3.63) is 70.2 Å². The molecular formula is C16H14ClNO. The van der Waals surface area contributed by atoms with E-state index in [1.807, 2.05) is 37.3 Å². The molecule has 1 unspecified atom stereocenters. The number of rotatable bonds is 4. The number of hydrogen-bond acceptors (Lipinski definition) is 2. The summed E-state index contributed by atoms with van der Waals surface area (Å²) in [5, 5.41) is 0.646. The number of halogens is 1. The molecule has 96 valence electrons. The van der Waals surface area contributed by atoms with Crippen LogP contribution in [-0.2, 0) is 11.2 Å². The van der Waals surface area contributed by atoms with Crippen molar-refractivity contribution in [2.75, 3.05) is 0 Å². The maximum absolute atomic E-state index is 10.6. The maximum Gasteiger partial charge on any atom is 0.235 e. The Hall–Kier alpha value is -1.89. The van der Waals surface area contributed by atoms with Gasteiger partial charge in [-0.05, 0) is 36.6 Å². The minimum Gasteiger partial charge on any atom is -0.211 e. The third-order valence-corrected chi connectivity index (χ3v) is 3.23. The van der Waals surface area contributed by atoms with Crippen molar-refractivity contribution < 1.29 is 4.79 Å². The summed E-state index contributed by atoms with van der Waals surface area (Å²) in [5.41, 5.74) is 3.27. The van der Waals surface area contributed by atoms with Crippen LogP contribution in [0.1, 0.15) is 22.7 Å². The van der Waals surface area contributed by atoms with Crippen LogP contribution in [0.3, 0.4) is 0 Å². The number of aliphatic imine (C=N–C) groups is 1. The van der Waals surface area contributed by atoms with Gasteiger partial charge in [-0.15, -0.1) is 0 Å². The van der Waals surface area contributed by atoms with E-state index in [1.165, 1.54) is 5.56 Å². The Labute approximate surface area is 117 Å². The van der Waals surface area contributed by atoms with Crippen molar-refractivity contribution in [1.29, 1.82) is 0 Å². The summed E-state index contributed by atoms with van der Waals surface area (Å²) in [7, 11) is 0. The quantitative estimate of drug-likeness (QED) is 0.603. The van der Waals surface area contributed by atoms with Gasteiger partial charge in [0.25, 0.3) is 0 Å². The minimum atomic E-state index is -0.237. The SMILES string of the molecule is Cc1ccc(CC(N=C=O)c2cccc(Cl)c2)cc1. The van der Waals surface area contributed by atoms with E-state index >= 15 is 0 Å². The average Bonchev–Trinajstić information content (AvgIpc) is 2.41. The molecule has 0 heterocycles. The van der Waals surface area contributed by atoms with E-state index < -0.39 is 0 Å². The van der Waals surface area contributed by atoms with Crippen LogP contribution in [0.2, 0.25) is 5.02 Å². The van der Waals surface area contributed by atoms with Crippen molar-refractivity contribution in [2.45, 2.75) is 19.4 Å². The molecule has 0 spiro atoms. The molecule has 0 fully saturated rings. The first-order chi connectivity index (χ1) is 9.19. The van der Waals surface area contributed by atoms with Gasteiger partial charge in [-0.2, -0.15) is 4.99 Å². The second kappa shape index (κ2) is 6.33. The number of aryl methyl sites for hydroxylation is 1. The zero-order valence-corrected chi connectivity index (χ0v) is 11.4. The third kappa shape index (κ3) is 3.78. The summed E-state index contributed by atoms with van der Waals surface area (Å²) in [6, 6.07) is 15.4. The van der Waals surface area contributed by atoms with Gasteiger partial charge in [-0.3, -0.25) is 0 Å². The van der Waals surface area contributed by atoms with E-state index in [0.29, 0.717) is 11.4 Å². The Morgan fingerprint density at radius 3 is 2.58 bits per heavy atom. The molecule has 0 aliphatic rings. The molecular weight excluding hydrogens is 258 g/mol. The van der Waals surface area contributed by atoms with Crippen LogP contribution >= 0.6 is 11.6 Å². The Morgan fingerprint density at radius 1 is 1.21 bits per heavy atom. The molecule has 0 saturated heterocycles. The largest absolute Gasteiger partial charge is 0.235 e. The zero-order valence-electron chi connectivity index (χ0n) is 10.6. The normalized spacial score (nSPS) is 11.7. The van der Waals surface area contributed by atoms with Crippen LogP contribution in [0.4, 0.5) is 0 Å². The molecule has 0 bridgehead atoms. The molecule has 0 aliphatic heterocycles. The first kappa shape index (κ1) is 13.5. The van der Waals surface area contributed by atoms with E-state index in [-0.39, 0.29) is 6.04 Å². The molecule has 0 aromatic heterocycles. The summed E-state index contributed by atoms with van der Waals surface area (Å²) in [4.78, 5) is 14.5. The van der Waals surface area contributed by atoms with Gasteiger partial charge in [0.15, 0.2) is 0 Å². The monoisotopic (exact) mass is 271 g/mol. The lowest BCUT2D eigenvalue weighted by molar-refractivity contribution is 0.557. The lowest BCUT2D eigenvalue weighted by Crippen LogP contribution is -2.00. The number of nitrogens with zero attached hydrogens (tertiary/aromatic N) is 1. The summed E-state index contributed by atoms with van der Waals surface area (Å²) >= 11 is 5.97. The lowest BCUT2D eigenvalue weighted by Gasteiger charge is -2.11. The third-order valence-electron chi connectivity index (χ3n) is 2.99.